The highest BCUT2D eigenvalue weighted by atomic mass is 35.5. The van der Waals surface area contributed by atoms with Crippen LogP contribution in [0.15, 0.2) is 0 Å². The zero-order valence-corrected chi connectivity index (χ0v) is 8.25. The van der Waals surface area contributed by atoms with Crippen LogP contribution in [0, 0.1) is 0 Å². The number of esters is 1. The van der Waals surface area contributed by atoms with Gasteiger partial charge in [0.1, 0.15) is 0 Å². The second-order valence-electron chi connectivity index (χ2n) is 2.89. The first-order valence-electron chi connectivity index (χ1n) is 3.27. The van der Waals surface area contributed by atoms with Crippen LogP contribution in [0.5, 0.6) is 0 Å². The van der Waals surface area contributed by atoms with Crippen LogP contribution in [0.4, 0.5) is 0 Å². The lowest BCUT2D eigenvalue weighted by molar-refractivity contribution is -0.142. The zero-order valence-electron chi connectivity index (χ0n) is 7.43. The number of hydrogen-bond acceptors (Lipinski definition) is 3. The third-order valence-corrected chi connectivity index (χ3v) is 1.49. The van der Waals surface area contributed by atoms with Gasteiger partial charge in [-0.2, -0.15) is 0 Å². The molecule has 0 saturated heterocycles. The van der Waals surface area contributed by atoms with Gasteiger partial charge in [0, 0.05) is 5.54 Å². The molecule has 0 heterocycles. The van der Waals surface area contributed by atoms with Crippen molar-refractivity contribution in [3.63, 3.8) is 0 Å². The highest BCUT2D eigenvalue weighted by Gasteiger charge is 2.19. The topological polar surface area (TPSA) is 38.3 Å². The molecule has 0 fully saturated rings. The first-order valence-corrected chi connectivity index (χ1v) is 3.27. The average Bonchev–Trinajstić information content (AvgIpc) is 1.87. The van der Waals surface area contributed by atoms with E-state index in [0.29, 0.717) is 6.42 Å². The Kier molecular flexibility index (Phi) is 6.52. The third-order valence-electron chi connectivity index (χ3n) is 1.49. The van der Waals surface area contributed by atoms with Crippen molar-refractivity contribution in [2.75, 3.05) is 14.2 Å². The molecule has 0 unspecified atom stereocenters. The van der Waals surface area contributed by atoms with Gasteiger partial charge in [0.15, 0.2) is 0 Å². The molecule has 4 heteroatoms. The Labute approximate surface area is 73.9 Å². The SMILES string of the molecule is CNC(C)(C)CC(=O)OC.Cl. The van der Waals surface area contributed by atoms with Crippen molar-refractivity contribution >= 4 is 18.4 Å². The molecule has 68 valence electrons. The molecular weight excluding hydrogens is 166 g/mol. The van der Waals surface area contributed by atoms with Gasteiger partial charge in [-0.25, -0.2) is 0 Å². The molecule has 0 rings (SSSR count). The van der Waals surface area contributed by atoms with E-state index in [2.05, 4.69) is 10.1 Å². The van der Waals surface area contributed by atoms with E-state index in [0.717, 1.165) is 0 Å². The van der Waals surface area contributed by atoms with Gasteiger partial charge in [-0.15, -0.1) is 12.4 Å². The van der Waals surface area contributed by atoms with Crippen LogP contribution in [0.2, 0.25) is 0 Å². The van der Waals surface area contributed by atoms with Gasteiger partial charge in [0.05, 0.1) is 13.5 Å². The third kappa shape index (κ3) is 6.13. The molecule has 3 nitrogen and oxygen atoms in total. The van der Waals surface area contributed by atoms with E-state index in [1.165, 1.54) is 7.11 Å². The first kappa shape index (κ1) is 13.3. The fourth-order valence-corrected chi connectivity index (χ4v) is 0.521. The second-order valence-corrected chi connectivity index (χ2v) is 2.89. The molecular formula is C7H16ClNO2. The van der Waals surface area contributed by atoms with Crippen molar-refractivity contribution in [3.05, 3.63) is 0 Å². The summed E-state index contributed by atoms with van der Waals surface area (Å²) in [6.45, 7) is 3.90. The van der Waals surface area contributed by atoms with E-state index in [4.69, 9.17) is 0 Å². The van der Waals surface area contributed by atoms with Gasteiger partial charge in [-0.3, -0.25) is 4.79 Å². The predicted molar refractivity (Wildman–Crippen MR) is 47.0 cm³/mol. The Morgan fingerprint density at radius 2 is 2.00 bits per heavy atom. The largest absolute Gasteiger partial charge is 0.469 e. The maximum absolute atomic E-state index is 10.7. The van der Waals surface area contributed by atoms with E-state index in [1.807, 2.05) is 20.9 Å². The summed E-state index contributed by atoms with van der Waals surface area (Å²) in [5.41, 5.74) is -0.160. The number of carbonyl (C=O) groups excluding carboxylic acids is 1. The van der Waals surface area contributed by atoms with Crippen LogP contribution >= 0.6 is 12.4 Å². The molecule has 0 amide bonds. The average molecular weight is 182 g/mol. The number of halogens is 1. The lowest BCUT2D eigenvalue weighted by Crippen LogP contribution is -2.38. The lowest BCUT2D eigenvalue weighted by Gasteiger charge is -2.21. The minimum Gasteiger partial charge on any atom is -0.469 e. The van der Waals surface area contributed by atoms with Gasteiger partial charge >= 0.3 is 5.97 Å². The van der Waals surface area contributed by atoms with Gasteiger partial charge in [-0.1, -0.05) is 0 Å². The smallest absolute Gasteiger partial charge is 0.307 e. The Balaban J connectivity index is 0. The number of rotatable bonds is 3. The van der Waals surface area contributed by atoms with Gasteiger partial charge in [-0.05, 0) is 20.9 Å². The molecule has 0 aliphatic carbocycles. The van der Waals surface area contributed by atoms with Gasteiger partial charge < -0.3 is 10.1 Å². The molecule has 0 aromatic rings. The Morgan fingerprint density at radius 1 is 1.55 bits per heavy atom. The second kappa shape index (κ2) is 5.38. The molecule has 0 aromatic carbocycles. The summed E-state index contributed by atoms with van der Waals surface area (Å²) in [7, 11) is 3.22. The molecule has 0 aromatic heterocycles. The van der Waals surface area contributed by atoms with Crippen molar-refractivity contribution in [2.24, 2.45) is 0 Å². The molecule has 1 N–H and O–H groups in total. The summed E-state index contributed by atoms with van der Waals surface area (Å²) >= 11 is 0. The minimum absolute atomic E-state index is 0. The van der Waals surface area contributed by atoms with E-state index in [1.54, 1.807) is 0 Å². The van der Waals surface area contributed by atoms with Crippen LogP contribution in [0.25, 0.3) is 0 Å². The molecule has 0 radical (unpaired) electrons. The normalized spacial score (nSPS) is 10.2. The standard InChI is InChI=1S/C7H15NO2.ClH/c1-7(2,8-3)5-6(9)10-4;/h8H,5H2,1-4H3;1H. The molecule has 0 aliphatic rings. The zero-order chi connectivity index (χ0) is 8.20. The van der Waals surface area contributed by atoms with Crippen molar-refractivity contribution in [1.82, 2.24) is 5.32 Å². The van der Waals surface area contributed by atoms with Crippen molar-refractivity contribution in [2.45, 2.75) is 25.8 Å². The van der Waals surface area contributed by atoms with Crippen LogP contribution in [0.1, 0.15) is 20.3 Å². The van der Waals surface area contributed by atoms with Gasteiger partial charge in [0.2, 0.25) is 0 Å². The predicted octanol–water partition coefficient (Wildman–Crippen LogP) is 0.969. The summed E-state index contributed by atoms with van der Waals surface area (Å²) in [5, 5.41) is 3.01. The highest BCUT2D eigenvalue weighted by molar-refractivity contribution is 5.85. The van der Waals surface area contributed by atoms with Gasteiger partial charge in [0.25, 0.3) is 0 Å². The van der Waals surface area contributed by atoms with E-state index in [-0.39, 0.29) is 23.9 Å². The fourth-order valence-electron chi connectivity index (χ4n) is 0.521. The maximum atomic E-state index is 10.7. The number of nitrogens with one attached hydrogen (secondary N) is 1. The molecule has 11 heavy (non-hydrogen) atoms. The van der Waals surface area contributed by atoms with Crippen LogP contribution in [-0.2, 0) is 9.53 Å². The summed E-state index contributed by atoms with van der Waals surface area (Å²) in [4.78, 5) is 10.7. The monoisotopic (exact) mass is 181 g/mol. The van der Waals surface area contributed by atoms with Crippen LogP contribution < -0.4 is 5.32 Å². The number of ether oxygens (including phenoxy) is 1. The highest BCUT2D eigenvalue weighted by Crippen LogP contribution is 2.07. The van der Waals surface area contributed by atoms with Crippen LogP contribution in [-0.4, -0.2) is 25.7 Å². The maximum Gasteiger partial charge on any atom is 0.307 e. The Hall–Kier alpha value is -0.280. The van der Waals surface area contributed by atoms with Crippen molar-refractivity contribution in [1.29, 1.82) is 0 Å². The number of methoxy groups -OCH3 is 1. The Morgan fingerprint density at radius 3 is 2.27 bits per heavy atom. The lowest BCUT2D eigenvalue weighted by atomic mass is 10.0. The van der Waals surface area contributed by atoms with E-state index in [9.17, 15) is 4.79 Å². The molecule has 0 bridgehead atoms. The van der Waals surface area contributed by atoms with Crippen molar-refractivity contribution in [3.8, 4) is 0 Å². The molecule has 0 aliphatic heterocycles. The Bertz CT molecular complexity index is 126. The molecule has 0 atom stereocenters. The van der Waals surface area contributed by atoms with Crippen LogP contribution in [0.3, 0.4) is 0 Å². The number of carbonyl (C=O) groups is 1. The molecule has 0 spiro atoms. The summed E-state index contributed by atoms with van der Waals surface area (Å²) in [6.07, 6.45) is 0.403. The number of hydrogen-bond donors (Lipinski definition) is 1. The fraction of sp³-hybridized carbons (Fsp3) is 0.857. The quantitative estimate of drug-likeness (QED) is 0.660. The summed E-state index contributed by atoms with van der Waals surface area (Å²) in [6, 6.07) is 0. The first-order chi connectivity index (χ1) is 4.52. The molecule has 0 saturated carbocycles. The van der Waals surface area contributed by atoms with E-state index >= 15 is 0 Å². The summed E-state index contributed by atoms with van der Waals surface area (Å²) < 4.78 is 4.51. The summed E-state index contributed by atoms with van der Waals surface area (Å²) in [5.74, 6) is -0.181. The van der Waals surface area contributed by atoms with Crippen molar-refractivity contribution < 1.29 is 9.53 Å². The minimum atomic E-state index is -0.181. The van der Waals surface area contributed by atoms with E-state index < -0.39 is 0 Å².